The van der Waals surface area contributed by atoms with Crippen LogP contribution in [0.5, 0.6) is 0 Å². The summed E-state index contributed by atoms with van der Waals surface area (Å²) in [6, 6.07) is 15.0. The molecule has 0 aliphatic carbocycles. The van der Waals surface area contributed by atoms with Crippen LogP contribution in [0.15, 0.2) is 47.0 Å². The monoisotopic (exact) mass is 409 g/mol. The number of aromatic nitrogens is 1. The van der Waals surface area contributed by atoms with Crippen molar-refractivity contribution >= 4 is 17.2 Å². The SMILES string of the molecule is Cc1noc(C)c1CCC(=O)N1CCN(Cc2ccc(-c3ccccc3)s2)CC1. The first kappa shape index (κ1) is 19.9. The molecule has 29 heavy (non-hydrogen) atoms. The number of benzene rings is 1. The summed E-state index contributed by atoms with van der Waals surface area (Å²) in [4.78, 5) is 19.7. The van der Waals surface area contributed by atoms with Gasteiger partial charge in [-0.15, -0.1) is 11.3 Å². The van der Waals surface area contributed by atoms with Crippen molar-refractivity contribution in [1.82, 2.24) is 15.0 Å². The smallest absolute Gasteiger partial charge is 0.222 e. The number of aryl methyl sites for hydroxylation is 2. The second-order valence-electron chi connectivity index (χ2n) is 7.59. The summed E-state index contributed by atoms with van der Waals surface area (Å²) in [5.41, 5.74) is 3.24. The molecule has 1 fully saturated rings. The van der Waals surface area contributed by atoms with Crippen LogP contribution in [0.2, 0.25) is 0 Å². The summed E-state index contributed by atoms with van der Waals surface area (Å²) in [6.45, 7) is 8.26. The van der Waals surface area contributed by atoms with Crippen LogP contribution in [0.3, 0.4) is 0 Å². The Morgan fingerprint density at radius 2 is 1.83 bits per heavy atom. The zero-order chi connectivity index (χ0) is 20.2. The molecule has 1 amide bonds. The van der Waals surface area contributed by atoms with Crippen LogP contribution in [0.4, 0.5) is 0 Å². The van der Waals surface area contributed by atoms with Crippen molar-refractivity contribution in [2.75, 3.05) is 26.2 Å². The largest absolute Gasteiger partial charge is 0.361 e. The van der Waals surface area contributed by atoms with E-state index in [0.29, 0.717) is 12.8 Å². The van der Waals surface area contributed by atoms with Gasteiger partial charge in [0.1, 0.15) is 5.76 Å². The number of nitrogens with zero attached hydrogens (tertiary/aromatic N) is 3. The second kappa shape index (κ2) is 8.93. The van der Waals surface area contributed by atoms with Gasteiger partial charge in [0.05, 0.1) is 5.69 Å². The lowest BCUT2D eigenvalue weighted by atomic mass is 10.1. The normalized spacial score (nSPS) is 15.0. The average Bonchev–Trinajstić information content (AvgIpc) is 3.34. The Balaban J connectivity index is 1.25. The highest BCUT2D eigenvalue weighted by Gasteiger charge is 2.22. The molecule has 4 rings (SSSR count). The maximum absolute atomic E-state index is 12.6. The van der Waals surface area contributed by atoms with Crippen LogP contribution in [0, 0.1) is 13.8 Å². The molecule has 0 saturated carbocycles. The maximum atomic E-state index is 12.6. The van der Waals surface area contributed by atoms with E-state index in [-0.39, 0.29) is 5.91 Å². The molecule has 1 aliphatic rings. The van der Waals surface area contributed by atoms with Gasteiger partial charge in [-0.25, -0.2) is 0 Å². The standard InChI is InChI=1S/C23H27N3O2S/c1-17-21(18(2)28-24-17)9-11-23(27)26-14-12-25(13-15-26)16-20-8-10-22(29-20)19-6-4-3-5-7-19/h3-8,10H,9,11-16H2,1-2H3. The molecule has 2 aromatic heterocycles. The third-order valence-electron chi connectivity index (χ3n) is 5.59. The summed E-state index contributed by atoms with van der Waals surface area (Å²) in [7, 11) is 0. The first-order valence-electron chi connectivity index (χ1n) is 10.2. The van der Waals surface area contributed by atoms with Crippen molar-refractivity contribution in [1.29, 1.82) is 0 Å². The van der Waals surface area contributed by atoms with E-state index in [1.54, 1.807) is 0 Å². The number of piperazine rings is 1. The maximum Gasteiger partial charge on any atom is 0.222 e. The van der Waals surface area contributed by atoms with Crippen molar-refractivity contribution in [3.8, 4) is 10.4 Å². The Bertz CT molecular complexity index is 936. The first-order chi connectivity index (χ1) is 14.1. The van der Waals surface area contributed by atoms with E-state index in [0.717, 1.165) is 49.7 Å². The molecule has 1 saturated heterocycles. The van der Waals surface area contributed by atoms with Crippen molar-refractivity contribution in [3.63, 3.8) is 0 Å². The van der Waals surface area contributed by atoms with Crippen molar-refractivity contribution < 1.29 is 9.32 Å². The van der Waals surface area contributed by atoms with Gasteiger partial charge in [-0.05, 0) is 38.0 Å². The minimum absolute atomic E-state index is 0.229. The number of carbonyl (C=O) groups excluding carboxylic acids is 1. The Morgan fingerprint density at radius 1 is 1.07 bits per heavy atom. The lowest BCUT2D eigenvalue weighted by molar-refractivity contribution is -0.132. The van der Waals surface area contributed by atoms with E-state index >= 15 is 0 Å². The Labute approximate surface area is 175 Å². The van der Waals surface area contributed by atoms with Crippen LogP contribution in [0.1, 0.15) is 28.3 Å². The summed E-state index contributed by atoms with van der Waals surface area (Å²) < 4.78 is 5.19. The van der Waals surface area contributed by atoms with Gasteiger partial charge in [0, 0.05) is 54.5 Å². The van der Waals surface area contributed by atoms with Crippen LogP contribution >= 0.6 is 11.3 Å². The minimum Gasteiger partial charge on any atom is -0.361 e. The summed E-state index contributed by atoms with van der Waals surface area (Å²) in [5, 5.41) is 3.97. The van der Waals surface area contributed by atoms with E-state index in [2.05, 4.69) is 46.5 Å². The lowest BCUT2D eigenvalue weighted by Crippen LogP contribution is -2.48. The predicted molar refractivity (Wildman–Crippen MR) is 116 cm³/mol. The molecule has 3 aromatic rings. The predicted octanol–water partition coefficient (Wildman–Crippen LogP) is 4.30. The molecule has 0 bridgehead atoms. The van der Waals surface area contributed by atoms with Crippen molar-refractivity contribution in [2.45, 2.75) is 33.2 Å². The fraction of sp³-hybridized carbons (Fsp3) is 0.391. The number of rotatable bonds is 6. The van der Waals surface area contributed by atoms with Gasteiger partial charge >= 0.3 is 0 Å². The number of thiophene rings is 1. The summed E-state index contributed by atoms with van der Waals surface area (Å²) in [5.74, 6) is 1.05. The van der Waals surface area contributed by atoms with Crippen LogP contribution < -0.4 is 0 Å². The molecule has 1 aliphatic heterocycles. The highest BCUT2D eigenvalue weighted by atomic mass is 32.1. The van der Waals surface area contributed by atoms with Crippen molar-refractivity contribution in [3.05, 3.63) is 64.4 Å². The third-order valence-corrected chi connectivity index (χ3v) is 6.71. The Kier molecular flexibility index (Phi) is 6.11. The molecule has 5 nitrogen and oxygen atoms in total. The molecule has 0 radical (unpaired) electrons. The first-order valence-corrected chi connectivity index (χ1v) is 11.0. The molecular weight excluding hydrogens is 382 g/mol. The zero-order valence-corrected chi connectivity index (χ0v) is 17.9. The van der Waals surface area contributed by atoms with Gasteiger partial charge in [0.15, 0.2) is 0 Å². The third kappa shape index (κ3) is 4.77. The molecule has 1 aromatic carbocycles. The zero-order valence-electron chi connectivity index (χ0n) is 17.1. The molecule has 3 heterocycles. The summed E-state index contributed by atoms with van der Waals surface area (Å²) >= 11 is 1.86. The highest BCUT2D eigenvalue weighted by molar-refractivity contribution is 7.15. The fourth-order valence-electron chi connectivity index (χ4n) is 3.85. The molecule has 0 atom stereocenters. The minimum atomic E-state index is 0.229. The number of hydrogen-bond donors (Lipinski definition) is 0. The molecule has 0 unspecified atom stereocenters. The van der Waals surface area contributed by atoms with Gasteiger partial charge in [-0.2, -0.15) is 0 Å². The highest BCUT2D eigenvalue weighted by Crippen LogP contribution is 2.28. The molecule has 6 heteroatoms. The van der Waals surface area contributed by atoms with Crippen molar-refractivity contribution in [2.24, 2.45) is 0 Å². The number of carbonyl (C=O) groups is 1. The van der Waals surface area contributed by atoms with Gasteiger partial charge in [-0.3, -0.25) is 9.69 Å². The molecule has 0 N–H and O–H groups in total. The second-order valence-corrected chi connectivity index (χ2v) is 8.76. The van der Waals surface area contributed by atoms with E-state index in [9.17, 15) is 4.79 Å². The van der Waals surface area contributed by atoms with Gasteiger partial charge in [-0.1, -0.05) is 35.5 Å². The van der Waals surface area contributed by atoms with Crippen LogP contribution in [-0.4, -0.2) is 47.0 Å². The Morgan fingerprint density at radius 3 is 2.52 bits per heavy atom. The van der Waals surface area contributed by atoms with Crippen LogP contribution in [0.25, 0.3) is 10.4 Å². The summed E-state index contributed by atoms with van der Waals surface area (Å²) in [6.07, 6.45) is 1.23. The van der Waals surface area contributed by atoms with Gasteiger partial charge in [0.2, 0.25) is 5.91 Å². The van der Waals surface area contributed by atoms with E-state index in [1.165, 1.54) is 15.3 Å². The van der Waals surface area contributed by atoms with E-state index in [1.807, 2.05) is 36.2 Å². The van der Waals surface area contributed by atoms with E-state index < -0.39 is 0 Å². The van der Waals surface area contributed by atoms with E-state index in [4.69, 9.17) is 4.52 Å². The molecular formula is C23H27N3O2S. The van der Waals surface area contributed by atoms with Gasteiger partial charge in [0.25, 0.3) is 0 Å². The number of hydrogen-bond acceptors (Lipinski definition) is 5. The van der Waals surface area contributed by atoms with Crippen LogP contribution in [-0.2, 0) is 17.8 Å². The lowest BCUT2D eigenvalue weighted by Gasteiger charge is -2.34. The molecule has 0 spiro atoms. The fourth-order valence-corrected chi connectivity index (χ4v) is 4.90. The van der Waals surface area contributed by atoms with Gasteiger partial charge < -0.3 is 9.42 Å². The average molecular weight is 410 g/mol. The number of amides is 1. The quantitative estimate of drug-likeness (QED) is 0.609. The topological polar surface area (TPSA) is 49.6 Å². The molecule has 152 valence electrons. The Hall–Kier alpha value is -2.44.